The minimum Gasteiger partial charge on any atom is -0.337 e. The van der Waals surface area contributed by atoms with Crippen LogP contribution in [-0.2, 0) is 13.0 Å². The highest BCUT2D eigenvalue weighted by Gasteiger charge is 2.12. The number of nitrogens with zero attached hydrogens (tertiary/aromatic N) is 4. The Labute approximate surface area is 160 Å². The monoisotopic (exact) mass is 390 g/mol. The van der Waals surface area contributed by atoms with E-state index in [9.17, 15) is 4.79 Å². The molecule has 0 atom stereocenters. The van der Waals surface area contributed by atoms with Crippen molar-refractivity contribution in [3.8, 4) is 10.4 Å². The largest absolute Gasteiger partial charge is 0.337 e. The number of thiazole rings is 1. The van der Waals surface area contributed by atoms with Gasteiger partial charge < -0.3 is 9.88 Å². The standard InChI is InChI=1S/C17H19ClN6OS/c1-3-24-9-13(21-10-24)5-7-20-16(25)23-17-22-11(2)15(26-17)12-4-6-19-14(18)8-12/h4,6,8-10H,3,5,7H2,1-2H3,(H2,20,22,23,25). The summed E-state index contributed by atoms with van der Waals surface area (Å²) in [5, 5.41) is 6.56. The van der Waals surface area contributed by atoms with Crippen LogP contribution in [0.5, 0.6) is 0 Å². The molecule has 0 saturated carbocycles. The maximum absolute atomic E-state index is 12.1. The molecule has 0 unspecified atom stereocenters. The van der Waals surface area contributed by atoms with Crippen molar-refractivity contribution in [2.75, 3.05) is 11.9 Å². The topological polar surface area (TPSA) is 84.7 Å². The molecule has 9 heteroatoms. The van der Waals surface area contributed by atoms with Crippen molar-refractivity contribution < 1.29 is 4.79 Å². The molecule has 3 heterocycles. The highest BCUT2D eigenvalue weighted by Crippen LogP contribution is 2.33. The highest BCUT2D eigenvalue weighted by molar-refractivity contribution is 7.19. The minimum absolute atomic E-state index is 0.284. The Morgan fingerprint density at radius 3 is 2.96 bits per heavy atom. The molecule has 0 aliphatic heterocycles. The van der Waals surface area contributed by atoms with Gasteiger partial charge in [-0.3, -0.25) is 5.32 Å². The number of halogens is 1. The Morgan fingerprint density at radius 1 is 1.38 bits per heavy atom. The van der Waals surface area contributed by atoms with E-state index in [1.165, 1.54) is 11.3 Å². The lowest BCUT2D eigenvalue weighted by Gasteiger charge is -2.04. The summed E-state index contributed by atoms with van der Waals surface area (Å²) in [5.41, 5.74) is 2.71. The third kappa shape index (κ3) is 4.59. The van der Waals surface area contributed by atoms with Gasteiger partial charge in [-0.25, -0.2) is 19.7 Å². The molecule has 2 N–H and O–H groups in total. The van der Waals surface area contributed by atoms with E-state index in [0.717, 1.165) is 28.4 Å². The number of aryl methyl sites for hydroxylation is 2. The molecule has 0 aromatic carbocycles. The first-order valence-electron chi connectivity index (χ1n) is 8.20. The molecule has 3 aromatic heterocycles. The summed E-state index contributed by atoms with van der Waals surface area (Å²) in [6, 6.07) is 3.36. The molecule has 0 spiro atoms. The maximum Gasteiger partial charge on any atom is 0.321 e. The summed E-state index contributed by atoms with van der Waals surface area (Å²) in [5.74, 6) is 0. The number of carbonyl (C=O) groups is 1. The molecule has 2 amide bonds. The zero-order valence-electron chi connectivity index (χ0n) is 14.5. The van der Waals surface area contributed by atoms with E-state index in [2.05, 4.69) is 32.5 Å². The predicted octanol–water partition coefficient (Wildman–Crippen LogP) is 3.75. The third-order valence-corrected chi connectivity index (χ3v) is 5.05. The van der Waals surface area contributed by atoms with Crippen LogP contribution in [0.25, 0.3) is 10.4 Å². The highest BCUT2D eigenvalue weighted by atomic mass is 35.5. The van der Waals surface area contributed by atoms with Crippen LogP contribution < -0.4 is 10.6 Å². The average molecular weight is 391 g/mol. The fraction of sp³-hybridized carbons (Fsp3) is 0.294. The first-order valence-corrected chi connectivity index (χ1v) is 9.39. The summed E-state index contributed by atoms with van der Waals surface area (Å²) in [7, 11) is 0. The second kappa shape index (κ2) is 8.29. The fourth-order valence-electron chi connectivity index (χ4n) is 2.42. The van der Waals surface area contributed by atoms with Crippen molar-refractivity contribution in [3.05, 3.63) is 47.4 Å². The lowest BCUT2D eigenvalue weighted by Crippen LogP contribution is -2.30. The normalized spacial score (nSPS) is 10.7. The van der Waals surface area contributed by atoms with E-state index in [0.29, 0.717) is 23.3 Å². The Morgan fingerprint density at radius 2 is 2.23 bits per heavy atom. The number of nitrogens with one attached hydrogen (secondary N) is 2. The molecule has 0 aliphatic rings. The SMILES string of the molecule is CCn1cnc(CCNC(=O)Nc2nc(C)c(-c3ccnc(Cl)c3)s2)c1. The number of aromatic nitrogens is 4. The molecule has 0 bridgehead atoms. The number of pyridine rings is 1. The van der Waals surface area contributed by atoms with Gasteiger partial charge in [0.25, 0.3) is 0 Å². The number of hydrogen-bond donors (Lipinski definition) is 2. The lowest BCUT2D eigenvalue weighted by molar-refractivity contribution is 0.252. The summed E-state index contributed by atoms with van der Waals surface area (Å²) >= 11 is 7.34. The molecule has 26 heavy (non-hydrogen) atoms. The summed E-state index contributed by atoms with van der Waals surface area (Å²) < 4.78 is 2.00. The van der Waals surface area contributed by atoms with Gasteiger partial charge in [0.15, 0.2) is 5.13 Å². The first-order chi connectivity index (χ1) is 12.5. The molecule has 0 aliphatic carbocycles. The number of anilines is 1. The molecule has 0 saturated heterocycles. The molecular weight excluding hydrogens is 372 g/mol. The molecule has 7 nitrogen and oxygen atoms in total. The number of urea groups is 1. The quantitative estimate of drug-likeness (QED) is 0.628. The van der Waals surface area contributed by atoms with Gasteiger partial charge in [-0.2, -0.15) is 0 Å². The van der Waals surface area contributed by atoms with Crippen LogP contribution in [0.15, 0.2) is 30.9 Å². The van der Waals surface area contributed by atoms with E-state index in [1.807, 2.05) is 23.8 Å². The van der Waals surface area contributed by atoms with Crippen molar-refractivity contribution in [1.82, 2.24) is 24.8 Å². The average Bonchev–Trinajstić information content (AvgIpc) is 3.21. The van der Waals surface area contributed by atoms with Gasteiger partial charge in [0.05, 0.1) is 22.6 Å². The zero-order valence-corrected chi connectivity index (χ0v) is 16.1. The van der Waals surface area contributed by atoms with Crippen LogP contribution in [0, 0.1) is 6.92 Å². The number of hydrogen-bond acceptors (Lipinski definition) is 5. The van der Waals surface area contributed by atoms with Gasteiger partial charge in [0.1, 0.15) is 5.15 Å². The second-order valence-electron chi connectivity index (χ2n) is 5.63. The zero-order chi connectivity index (χ0) is 18.5. The predicted molar refractivity (Wildman–Crippen MR) is 104 cm³/mol. The van der Waals surface area contributed by atoms with Crippen LogP contribution in [0.3, 0.4) is 0 Å². The van der Waals surface area contributed by atoms with Crippen LogP contribution >= 0.6 is 22.9 Å². The molecule has 0 radical (unpaired) electrons. The summed E-state index contributed by atoms with van der Waals surface area (Å²) in [6.07, 6.45) is 6.10. The Balaban J connectivity index is 1.55. The van der Waals surface area contributed by atoms with Crippen molar-refractivity contribution in [3.63, 3.8) is 0 Å². The smallest absolute Gasteiger partial charge is 0.321 e. The summed E-state index contributed by atoms with van der Waals surface area (Å²) in [6.45, 7) is 5.34. The third-order valence-electron chi connectivity index (χ3n) is 3.72. The van der Waals surface area contributed by atoms with Gasteiger partial charge in [-0.15, -0.1) is 0 Å². The van der Waals surface area contributed by atoms with Gasteiger partial charge >= 0.3 is 6.03 Å². The van der Waals surface area contributed by atoms with E-state index < -0.39 is 0 Å². The maximum atomic E-state index is 12.1. The second-order valence-corrected chi connectivity index (χ2v) is 7.01. The summed E-state index contributed by atoms with van der Waals surface area (Å²) in [4.78, 5) is 25.7. The van der Waals surface area contributed by atoms with Crippen LogP contribution in [0.1, 0.15) is 18.3 Å². The number of amides is 2. The first kappa shape index (κ1) is 18.3. The molecular formula is C17H19ClN6OS. The van der Waals surface area contributed by atoms with Gasteiger partial charge in [-0.1, -0.05) is 22.9 Å². The Hall–Kier alpha value is -2.45. The van der Waals surface area contributed by atoms with E-state index in [1.54, 1.807) is 18.6 Å². The lowest BCUT2D eigenvalue weighted by atomic mass is 10.2. The molecule has 3 aromatic rings. The van der Waals surface area contributed by atoms with Gasteiger partial charge in [0, 0.05) is 31.9 Å². The molecule has 0 fully saturated rings. The van der Waals surface area contributed by atoms with Gasteiger partial charge in [0.2, 0.25) is 0 Å². The fourth-order valence-corrected chi connectivity index (χ4v) is 3.55. The van der Waals surface area contributed by atoms with Crippen molar-refractivity contribution >= 4 is 34.1 Å². The minimum atomic E-state index is -0.284. The Bertz CT molecular complexity index is 906. The number of imidazole rings is 1. The van der Waals surface area contributed by atoms with Crippen LogP contribution in [-0.4, -0.2) is 32.1 Å². The van der Waals surface area contributed by atoms with Gasteiger partial charge in [-0.05, 0) is 31.5 Å². The van der Waals surface area contributed by atoms with Crippen LogP contribution in [0.2, 0.25) is 5.15 Å². The van der Waals surface area contributed by atoms with Crippen LogP contribution in [0.4, 0.5) is 9.93 Å². The van der Waals surface area contributed by atoms with Crippen molar-refractivity contribution in [2.24, 2.45) is 0 Å². The number of rotatable bonds is 6. The van der Waals surface area contributed by atoms with E-state index in [4.69, 9.17) is 11.6 Å². The Kier molecular flexibility index (Phi) is 5.85. The number of carbonyl (C=O) groups excluding carboxylic acids is 1. The van der Waals surface area contributed by atoms with E-state index >= 15 is 0 Å². The van der Waals surface area contributed by atoms with Crippen molar-refractivity contribution in [2.45, 2.75) is 26.8 Å². The van der Waals surface area contributed by atoms with E-state index in [-0.39, 0.29) is 6.03 Å². The molecule has 3 rings (SSSR count). The van der Waals surface area contributed by atoms with Crippen molar-refractivity contribution in [1.29, 1.82) is 0 Å². The molecule has 136 valence electrons.